The molecule has 2 heterocycles. The number of fused-ring (bicyclic) bond motifs is 1. The number of likely N-dealkylation sites (tertiary alicyclic amines) is 1. The van der Waals surface area contributed by atoms with Gasteiger partial charge in [-0.3, -0.25) is 9.78 Å². The molecule has 1 aliphatic carbocycles. The number of amides is 1. The van der Waals surface area contributed by atoms with E-state index in [2.05, 4.69) is 46.4 Å². The van der Waals surface area contributed by atoms with Crippen molar-refractivity contribution in [2.45, 2.75) is 71.1 Å². The molecule has 0 unspecified atom stereocenters. The second-order valence-corrected chi connectivity index (χ2v) is 11.2. The number of benzene rings is 1. The molecule has 1 aliphatic heterocycles. The maximum atomic E-state index is 13.1. The van der Waals surface area contributed by atoms with Crippen molar-refractivity contribution in [2.75, 3.05) is 19.6 Å². The number of aliphatic hydroxyl groups excluding tert-OH is 1. The number of hydrogen-bond donors (Lipinski definition) is 2. The summed E-state index contributed by atoms with van der Waals surface area (Å²) in [4.78, 5) is 19.9. The van der Waals surface area contributed by atoms with Crippen molar-refractivity contribution in [1.82, 2.24) is 15.2 Å². The van der Waals surface area contributed by atoms with Gasteiger partial charge in [-0.15, -0.1) is 0 Å². The number of carbonyl (C=O) groups is 1. The largest absolute Gasteiger partial charge is 0.487 e. The van der Waals surface area contributed by atoms with Crippen LogP contribution in [-0.4, -0.2) is 52.2 Å². The first-order valence-corrected chi connectivity index (χ1v) is 12.6. The number of nitrogens with one attached hydrogen (secondary N) is 1. The molecule has 34 heavy (non-hydrogen) atoms. The van der Waals surface area contributed by atoms with Crippen LogP contribution in [0.4, 0.5) is 0 Å². The predicted molar refractivity (Wildman–Crippen MR) is 134 cm³/mol. The summed E-state index contributed by atoms with van der Waals surface area (Å²) in [5.74, 6) is 1.62. The topological polar surface area (TPSA) is 74.7 Å². The van der Waals surface area contributed by atoms with Gasteiger partial charge in [-0.05, 0) is 81.7 Å². The van der Waals surface area contributed by atoms with E-state index in [0.717, 1.165) is 32.4 Å². The Morgan fingerprint density at radius 1 is 1.21 bits per heavy atom. The van der Waals surface area contributed by atoms with Crippen molar-refractivity contribution >= 4 is 5.91 Å². The van der Waals surface area contributed by atoms with Gasteiger partial charge < -0.3 is 20.1 Å². The Labute approximate surface area is 203 Å². The minimum Gasteiger partial charge on any atom is -0.487 e. The number of aliphatic hydroxyl groups is 1. The van der Waals surface area contributed by atoms with Gasteiger partial charge >= 0.3 is 0 Å². The summed E-state index contributed by atoms with van der Waals surface area (Å²) < 4.78 is 5.86. The zero-order chi connectivity index (χ0) is 24.3. The van der Waals surface area contributed by atoms with Gasteiger partial charge in [-0.1, -0.05) is 31.2 Å². The smallest absolute Gasteiger partial charge is 0.220 e. The number of hydrogen-bond acceptors (Lipinski definition) is 5. The number of ether oxygens (including phenoxy) is 1. The SMILES string of the molecule is C[C@@H]1CCN(C[C@@H](NC(=O)CC2Cc3ccccc3C2)[C@H](O)c2ccc(OC(C)(C)C)cn2)C1. The average Bonchev–Trinajstić information content (AvgIpc) is 3.37. The van der Waals surface area contributed by atoms with Gasteiger partial charge in [0.05, 0.1) is 17.9 Å². The van der Waals surface area contributed by atoms with Crippen molar-refractivity contribution in [2.24, 2.45) is 11.8 Å². The fourth-order valence-corrected chi connectivity index (χ4v) is 5.20. The number of aromatic nitrogens is 1. The minimum absolute atomic E-state index is 0.00166. The maximum Gasteiger partial charge on any atom is 0.220 e. The molecule has 4 rings (SSSR count). The number of rotatable bonds is 8. The molecule has 3 atom stereocenters. The maximum absolute atomic E-state index is 13.1. The third-order valence-corrected chi connectivity index (χ3v) is 6.79. The minimum atomic E-state index is -0.885. The van der Waals surface area contributed by atoms with Crippen LogP contribution in [0.3, 0.4) is 0 Å². The number of nitrogens with zero attached hydrogens (tertiary/aromatic N) is 2. The quantitative estimate of drug-likeness (QED) is 0.618. The van der Waals surface area contributed by atoms with E-state index in [-0.39, 0.29) is 11.5 Å². The fourth-order valence-electron chi connectivity index (χ4n) is 5.20. The molecular weight excluding hydrogens is 426 g/mol. The molecule has 2 aliphatic rings. The first kappa shape index (κ1) is 24.7. The van der Waals surface area contributed by atoms with E-state index in [9.17, 15) is 9.90 Å². The Bertz CT molecular complexity index is 945. The van der Waals surface area contributed by atoms with Crippen molar-refractivity contribution in [3.8, 4) is 5.75 Å². The first-order chi connectivity index (χ1) is 16.2. The van der Waals surface area contributed by atoms with Crippen molar-refractivity contribution < 1.29 is 14.6 Å². The highest BCUT2D eigenvalue weighted by atomic mass is 16.5. The fraction of sp³-hybridized carbons (Fsp3) is 0.571. The molecule has 1 aromatic carbocycles. The van der Waals surface area contributed by atoms with Gasteiger partial charge in [0, 0.05) is 19.5 Å². The molecule has 1 fully saturated rings. The van der Waals surface area contributed by atoms with Crippen molar-refractivity contribution in [1.29, 1.82) is 0 Å². The monoisotopic (exact) mass is 465 g/mol. The van der Waals surface area contributed by atoms with Gasteiger partial charge in [0.25, 0.3) is 0 Å². The van der Waals surface area contributed by atoms with Gasteiger partial charge in [0.15, 0.2) is 0 Å². The van der Waals surface area contributed by atoms with Crippen LogP contribution < -0.4 is 10.1 Å². The molecule has 2 aromatic rings. The molecule has 1 saturated heterocycles. The number of pyridine rings is 1. The Hall–Kier alpha value is -2.44. The summed E-state index contributed by atoms with van der Waals surface area (Å²) in [5, 5.41) is 14.4. The van der Waals surface area contributed by atoms with Crippen LogP contribution in [0.25, 0.3) is 0 Å². The van der Waals surface area contributed by atoms with E-state index in [0.29, 0.717) is 36.2 Å². The van der Waals surface area contributed by atoms with E-state index >= 15 is 0 Å². The Morgan fingerprint density at radius 3 is 2.47 bits per heavy atom. The lowest BCUT2D eigenvalue weighted by molar-refractivity contribution is -0.123. The molecule has 6 heteroatoms. The molecule has 1 aromatic heterocycles. The van der Waals surface area contributed by atoms with Crippen LogP contribution in [-0.2, 0) is 17.6 Å². The Balaban J connectivity index is 1.41. The molecule has 2 N–H and O–H groups in total. The predicted octanol–water partition coefficient (Wildman–Crippen LogP) is 3.92. The van der Waals surface area contributed by atoms with Crippen molar-refractivity contribution in [3.05, 3.63) is 59.4 Å². The molecule has 184 valence electrons. The zero-order valence-corrected chi connectivity index (χ0v) is 21.0. The van der Waals surface area contributed by atoms with Crippen LogP contribution in [0.2, 0.25) is 0 Å². The van der Waals surface area contributed by atoms with E-state index in [1.807, 2.05) is 26.8 Å². The van der Waals surface area contributed by atoms with Crippen LogP contribution in [0.5, 0.6) is 5.75 Å². The van der Waals surface area contributed by atoms with Gasteiger partial charge in [-0.25, -0.2) is 0 Å². The average molecular weight is 466 g/mol. The standard InChI is InChI=1S/C28H39N3O3/c1-19-11-12-31(17-19)18-25(27(33)24-10-9-23(16-29-24)34-28(2,3)4)30-26(32)15-20-13-21-7-5-6-8-22(21)14-20/h5-10,16,19-20,25,27,33H,11-15,17-18H2,1-4H3,(H,30,32)/t19-,25-,27-/m1/s1. The zero-order valence-electron chi connectivity index (χ0n) is 21.0. The summed E-state index contributed by atoms with van der Waals surface area (Å²) >= 11 is 0. The second-order valence-electron chi connectivity index (χ2n) is 11.2. The van der Waals surface area contributed by atoms with Gasteiger partial charge in [0.2, 0.25) is 5.91 Å². The Morgan fingerprint density at radius 2 is 1.91 bits per heavy atom. The molecule has 0 saturated carbocycles. The van der Waals surface area contributed by atoms with Crippen molar-refractivity contribution in [3.63, 3.8) is 0 Å². The number of carbonyl (C=O) groups excluding carboxylic acids is 1. The third-order valence-electron chi connectivity index (χ3n) is 6.79. The second kappa shape index (κ2) is 10.4. The molecule has 0 bridgehead atoms. The van der Waals surface area contributed by atoms with Crippen LogP contribution in [0, 0.1) is 11.8 Å². The normalized spacial score (nSPS) is 20.7. The Kier molecular flexibility index (Phi) is 7.58. The summed E-state index contributed by atoms with van der Waals surface area (Å²) in [6, 6.07) is 11.7. The first-order valence-electron chi connectivity index (χ1n) is 12.6. The van der Waals surface area contributed by atoms with Crippen LogP contribution >= 0.6 is 0 Å². The molecule has 1 amide bonds. The highest BCUT2D eigenvalue weighted by Gasteiger charge is 2.30. The molecule has 0 spiro atoms. The van der Waals surface area contributed by atoms with Crippen LogP contribution in [0.1, 0.15) is 63.5 Å². The van der Waals surface area contributed by atoms with E-state index < -0.39 is 12.1 Å². The third kappa shape index (κ3) is 6.57. The van der Waals surface area contributed by atoms with Gasteiger partial charge in [0.1, 0.15) is 17.5 Å². The summed E-state index contributed by atoms with van der Waals surface area (Å²) in [6.07, 6.45) is 4.27. The lowest BCUT2D eigenvalue weighted by Crippen LogP contribution is -2.47. The molecule has 0 radical (unpaired) electrons. The lowest BCUT2D eigenvalue weighted by atomic mass is 10.0. The highest BCUT2D eigenvalue weighted by Crippen LogP contribution is 2.29. The summed E-state index contributed by atoms with van der Waals surface area (Å²) in [7, 11) is 0. The van der Waals surface area contributed by atoms with E-state index in [1.54, 1.807) is 12.3 Å². The lowest BCUT2D eigenvalue weighted by Gasteiger charge is -2.29. The van der Waals surface area contributed by atoms with E-state index in [4.69, 9.17) is 4.74 Å². The molecular formula is C28H39N3O3. The highest BCUT2D eigenvalue weighted by molar-refractivity contribution is 5.77. The molecule has 6 nitrogen and oxygen atoms in total. The van der Waals surface area contributed by atoms with Gasteiger partial charge in [-0.2, -0.15) is 0 Å². The summed E-state index contributed by atoms with van der Waals surface area (Å²) in [5.41, 5.74) is 2.94. The summed E-state index contributed by atoms with van der Waals surface area (Å²) in [6.45, 7) is 10.8. The van der Waals surface area contributed by atoms with Crippen LogP contribution in [0.15, 0.2) is 42.6 Å². The van der Waals surface area contributed by atoms with E-state index in [1.165, 1.54) is 11.1 Å².